The maximum absolute atomic E-state index is 12.5. The van der Waals surface area contributed by atoms with Crippen LogP contribution in [0.15, 0.2) is 24.3 Å². The molecule has 1 aliphatic rings. The first-order chi connectivity index (χ1) is 9.66. The van der Waals surface area contributed by atoms with Crippen molar-refractivity contribution in [2.75, 3.05) is 13.1 Å². The molecule has 1 aliphatic heterocycles. The van der Waals surface area contributed by atoms with Gasteiger partial charge in [-0.25, -0.2) is 0 Å². The van der Waals surface area contributed by atoms with E-state index in [4.69, 9.17) is 0 Å². The van der Waals surface area contributed by atoms with Gasteiger partial charge in [-0.15, -0.1) is 11.3 Å². The second kappa shape index (κ2) is 5.54. The third-order valence-electron chi connectivity index (χ3n) is 3.73. The summed E-state index contributed by atoms with van der Waals surface area (Å²) in [6.07, 6.45) is 1.11. The van der Waals surface area contributed by atoms with Gasteiger partial charge in [0.15, 0.2) is 0 Å². The zero-order valence-corrected chi connectivity index (χ0v) is 12.7. The predicted molar refractivity (Wildman–Crippen MR) is 84.7 cm³/mol. The number of carbonyl (C=O) groups is 1. The van der Waals surface area contributed by atoms with Crippen LogP contribution in [-0.2, 0) is 0 Å². The Kier molecular flexibility index (Phi) is 3.76. The van der Waals surface area contributed by atoms with Crippen molar-refractivity contribution in [1.82, 2.24) is 10.6 Å². The standard InChI is InChI=1S/C16H20N2OS/c1-10(2)18-16(19)15-14(11-7-8-17-9-11)12-5-3-4-6-13(12)20-15/h3-6,10-11,17H,7-9H2,1-2H3,(H,18,19)/t11-/m0/s1. The molecule has 2 aromatic rings. The number of nitrogens with one attached hydrogen (secondary N) is 2. The van der Waals surface area contributed by atoms with E-state index in [1.165, 1.54) is 15.6 Å². The number of carbonyl (C=O) groups excluding carboxylic acids is 1. The van der Waals surface area contributed by atoms with Gasteiger partial charge in [-0.05, 0) is 49.7 Å². The number of thiophene rings is 1. The van der Waals surface area contributed by atoms with Gasteiger partial charge < -0.3 is 10.6 Å². The van der Waals surface area contributed by atoms with Gasteiger partial charge in [-0.2, -0.15) is 0 Å². The van der Waals surface area contributed by atoms with Gasteiger partial charge >= 0.3 is 0 Å². The van der Waals surface area contributed by atoms with E-state index < -0.39 is 0 Å². The Bertz CT molecular complexity index is 626. The maximum Gasteiger partial charge on any atom is 0.261 e. The monoisotopic (exact) mass is 288 g/mol. The summed E-state index contributed by atoms with van der Waals surface area (Å²) in [6.45, 7) is 6.02. The Morgan fingerprint density at radius 3 is 2.90 bits per heavy atom. The zero-order chi connectivity index (χ0) is 14.1. The molecule has 0 radical (unpaired) electrons. The largest absolute Gasteiger partial charge is 0.349 e. The summed E-state index contributed by atoms with van der Waals surface area (Å²) in [5, 5.41) is 7.69. The van der Waals surface area contributed by atoms with Crippen molar-refractivity contribution in [1.29, 1.82) is 0 Å². The molecule has 106 valence electrons. The number of hydrogen-bond donors (Lipinski definition) is 2. The lowest BCUT2D eigenvalue weighted by atomic mass is 9.95. The summed E-state index contributed by atoms with van der Waals surface area (Å²) in [4.78, 5) is 13.4. The summed E-state index contributed by atoms with van der Waals surface area (Å²) in [7, 11) is 0. The fourth-order valence-electron chi connectivity index (χ4n) is 2.87. The summed E-state index contributed by atoms with van der Waals surface area (Å²) >= 11 is 1.62. The van der Waals surface area contributed by atoms with Crippen molar-refractivity contribution in [2.45, 2.75) is 32.2 Å². The smallest absolute Gasteiger partial charge is 0.261 e. The second-order valence-corrected chi connectivity index (χ2v) is 6.71. The van der Waals surface area contributed by atoms with Crippen molar-refractivity contribution < 1.29 is 4.79 Å². The van der Waals surface area contributed by atoms with Crippen molar-refractivity contribution >= 4 is 27.3 Å². The van der Waals surface area contributed by atoms with Crippen LogP contribution >= 0.6 is 11.3 Å². The Labute approximate surface area is 123 Å². The quantitative estimate of drug-likeness (QED) is 0.911. The molecular formula is C16H20N2OS. The molecule has 0 unspecified atom stereocenters. The first-order valence-electron chi connectivity index (χ1n) is 7.20. The summed E-state index contributed by atoms with van der Waals surface area (Å²) in [5.41, 5.74) is 1.24. The molecule has 1 saturated heterocycles. The minimum absolute atomic E-state index is 0.0723. The summed E-state index contributed by atoms with van der Waals surface area (Å²) < 4.78 is 1.21. The number of rotatable bonds is 3. The average Bonchev–Trinajstić information content (AvgIpc) is 3.04. The number of hydrogen-bond acceptors (Lipinski definition) is 3. The fourth-order valence-corrected chi connectivity index (χ4v) is 4.06. The predicted octanol–water partition coefficient (Wildman–Crippen LogP) is 3.12. The van der Waals surface area contributed by atoms with Gasteiger partial charge in [0.05, 0.1) is 4.88 Å². The summed E-state index contributed by atoms with van der Waals surface area (Å²) in [6, 6.07) is 8.52. The maximum atomic E-state index is 12.5. The number of fused-ring (bicyclic) bond motifs is 1. The molecule has 1 amide bonds. The highest BCUT2D eigenvalue weighted by Crippen LogP contribution is 2.38. The zero-order valence-electron chi connectivity index (χ0n) is 11.9. The van der Waals surface area contributed by atoms with E-state index in [0.717, 1.165) is 24.4 Å². The fraction of sp³-hybridized carbons (Fsp3) is 0.438. The lowest BCUT2D eigenvalue weighted by Gasteiger charge is -2.13. The van der Waals surface area contributed by atoms with Crippen LogP contribution in [0.25, 0.3) is 10.1 Å². The minimum Gasteiger partial charge on any atom is -0.349 e. The molecule has 3 nitrogen and oxygen atoms in total. The first kappa shape index (κ1) is 13.6. The van der Waals surface area contributed by atoms with E-state index in [9.17, 15) is 4.79 Å². The molecule has 0 spiro atoms. The van der Waals surface area contributed by atoms with Gasteiger partial charge in [0.1, 0.15) is 0 Å². The Hall–Kier alpha value is -1.39. The molecule has 4 heteroatoms. The first-order valence-corrected chi connectivity index (χ1v) is 8.01. The van der Waals surface area contributed by atoms with Crippen LogP contribution in [0.4, 0.5) is 0 Å². The second-order valence-electron chi connectivity index (χ2n) is 5.66. The van der Waals surface area contributed by atoms with E-state index in [1.807, 2.05) is 19.9 Å². The molecule has 1 aromatic carbocycles. The highest BCUT2D eigenvalue weighted by molar-refractivity contribution is 7.21. The van der Waals surface area contributed by atoms with E-state index in [0.29, 0.717) is 5.92 Å². The topological polar surface area (TPSA) is 41.1 Å². The van der Waals surface area contributed by atoms with Gasteiger partial charge in [0, 0.05) is 17.3 Å². The molecule has 0 saturated carbocycles. The molecule has 0 bridgehead atoms. The molecule has 20 heavy (non-hydrogen) atoms. The normalized spacial score (nSPS) is 18.9. The third kappa shape index (κ3) is 2.45. The van der Waals surface area contributed by atoms with Crippen molar-refractivity contribution in [3.05, 3.63) is 34.7 Å². The van der Waals surface area contributed by atoms with E-state index in [2.05, 4.69) is 28.8 Å². The van der Waals surface area contributed by atoms with Crippen molar-refractivity contribution in [2.24, 2.45) is 0 Å². The summed E-state index contributed by atoms with van der Waals surface area (Å²) in [5.74, 6) is 0.530. The SMILES string of the molecule is CC(C)NC(=O)c1sc2ccccc2c1[C@H]1CCNC1. The van der Waals surface area contributed by atoms with Crippen LogP contribution in [0.3, 0.4) is 0 Å². The van der Waals surface area contributed by atoms with Crippen molar-refractivity contribution in [3.8, 4) is 0 Å². The van der Waals surface area contributed by atoms with Gasteiger partial charge in [0.25, 0.3) is 5.91 Å². The molecule has 2 N–H and O–H groups in total. The van der Waals surface area contributed by atoms with E-state index in [-0.39, 0.29) is 11.9 Å². The average molecular weight is 288 g/mol. The molecule has 1 aromatic heterocycles. The van der Waals surface area contributed by atoms with Gasteiger partial charge in [-0.1, -0.05) is 18.2 Å². The van der Waals surface area contributed by atoms with Crippen LogP contribution in [0.5, 0.6) is 0 Å². The van der Waals surface area contributed by atoms with Crippen LogP contribution in [0.2, 0.25) is 0 Å². The van der Waals surface area contributed by atoms with Crippen LogP contribution in [0, 0.1) is 0 Å². The number of amides is 1. The molecular weight excluding hydrogens is 268 g/mol. The lowest BCUT2D eigenvalue weighted by Crippen LogP contribution is -2.30. The lowest BCUT2D eigenvalue weighted by molar-refractivity contribution is 0.0946. The van der Waals surface area contributed by atoms with Crippen LogP contribution in [0.1, 0.15) is 41.4 Å². The minimum atomic E-state index is 0.0723. The van der Waals surface area contributed by atoms with E-state index in [1.54, 1.807) is 11.3 Å². The van der Waals surface area contributed by atoms with Crippen LogP contribution in [-0.4, -0.2) is 25.0 Å². The Morgan fingerprint density at radius 2 is 2.20 bits per heavy atom. The van der Waals surface area contributed by atoms with Crippen LogP contribution < -0.4 is 10.6 Å². The molecule has 0 aliphatic carbocycles. The molecule has 1 atom stereocenters. The third-order valence-corrected chi connectivity index (χ3v) is 4.91. The Balaban J connectivity index is 2.09. The van der Waals surface area contributed by atoms with E-state index >= 15 is 0 Å². The molecule has 1 fully saturated rings. The highest BCUT2D eigenvalue weighted by atomic mass is 32.1. The number of benzene rings is 1. The van der Waals surface area contributed by atoms with Gasteiger partial charge in [-0.3, -0.25) is 4.79 Å². The molecule has 2 heterocycles. The van der Waals surface area contributed by atoms with Gasteiger partial charge in [0.2, 0.25) is 0 Å². The highest BCUT2D eigenvalue weighted by Gasteiger charge is 2.27. The van der Waals surface area contributed by atoms with Crippen molar-refractivity contribution in [3.63, 3.8) is 0 Å². The Morgan fingerprint density at radius 1 is 1.40 bits per heavy atom. The molecule has 3 rings (SSSR count).